The third-order valence-electron chi connectivity index (χ3n) is 11.0. The zero-order chi connectivity index (χ0) is 36.6. The van der Waals surface area contributed by atoms with Gasteiger partial charge < -0.3 is 9.13 Å². The van der Waals surface area contributed by atoms with Crippen LogP contribution in [0.2, 0.25) is 0 Å². The minimum atomic E-state index is -1.53. The second kappa shape index (κ2) is 12.3. The van der Waals surface area contributed by atoms with Gasteiger partial charge in [-0.05, 0) is 85.2 Å². The van der Waals surface area contributed by atoms with Gasteiger partial charge in [-0.2, -0.15) is 10.0 Å². The Morgan fingerprint density at radius 2 is 1.04 bits per heavy atom. The third kappa shape index (κ3) is 4.85. The van der Waals surface area contributed by atoms with E-state index in [1.807, 2.05) is 0 Å². The highest BCUT2D eigenvalue weighted by Gasteiger charge is 2.37. The van der Waals surface area contributed by atoms with Gasteiger partial charge in [0.2, 0.25) is 0 Å². The van der Waals surface area contributed by atoms with Crippen LogP contribution < -0.4 is 0 Å². The SMILES string of the molecule is C/C(=N\C(=C1/C(=N)S(C)(C)c2ccccc21)c1cccc(-n2c3ccccc3c3ccccc32)c1)c1ccc2c3ccccc3n(-c3ccccc3)c2c1. The fraction of sp³-hybridized carbons (Fsp3) is 0.0612. The van der Waals surface area contributed by atoms with E-state index in [9.17, 15) is 5.41 Å². The largest absolute Gasteiger partial charge is 0.309 e. The molecule has 2 aromatic heterocycles. The average Bonchev–Trinajstić information content (AvgIpc) is 3.80. The van der Waals surface area contributed by atoms with E-state index < -0.39 is 10.0 Å². The molecular formula is C49H38N4S. The summed E-state index contributed by atoms with van der Waals surface area (Å²) < 4.78 is 4.71. The van der Waals surface area contributed by atoms with Gasteiger partial charge in [0.15, 0.2) is 0 Å². The zero-order valence-electron chi connectivity index (χ0n) is 30.4. The van der Waals surface area contributed by atoms with Gasteiger partial charge >= 0.3 is 0 Å². The van der Waals surface area contributed by atoms with E-state index in [0.29, 0.717) is 5.04 Å². The summed E-state index contributed by atoms with van der Waals surface area (Å²) >= 11 is 0. The van der Waals surface area contributed by atoms with E-state index >= 15 is 0 Å². The fourth-order valence-electron chi connectivity index (χ4n) is 8.38. The minimum Gasteiger partial charge on any atom is -0.309 e. The van der Waals surface area contributed by atoms with Crippen LogP contribution in [0, 0.1) is 5.41 Å². The Bertz CT molecular complexity index is 3000. The molecule has 7 aromatic carbocycles. The number of hydrogen-bond acceptors (Lipinski definition) is 2. The number of aromatic nitrogens is 2. The van der Waals surface area contributed by atoms with Crippen LogP contribution >= 0.6 is 10.0 Å². The van der Waals surface area contributed by atoms with Crippen molar-refractivity contribution in [1.82, 2.24) is 9.13 Å². The van der Waals surface area contributed by atoms with E-state index in [1.165, 1.54) is 32.0 Å². The van der Waals surface area contributed by atoms with Gasteiger partial charge in [0.05, 0.1) is 32.8 Å². The number of nitrogens with zero attached hydrogens (tertiary/aromatic N) is 3. The van der Waals surface area contributed by atoms with Crippen LogP contribution in [0.5, 0.6) is 0 Å². The summed E-state index contributed by atoms with van der Waals surface area (Å²) in [5.74, 6) is 0. The highest BCUT2D eigenvalue weighted by molar-refractivity contribution is 8.45. The molecule has 0 bridgehead atoms. The van der Waals surface area contributed by atoms with Gasteiger partial charge in [0, 0.05) is 54.7 Å². The van der Waals surface area contributed by atoms with E-state index in [0.717, 1.165) is 61.6 Å². The lowest BCUT2D eigenvalue weighted by Crippen LogP contribution is -2.05. The van der Waals surface area contributed by atoms with Gasteiger partial charge in [0.25, 0.3) is 0 Å². The Hall–Kier alpha value is -6.43. The smallest absolute Gasteiger partial charge is 0.0836 e. The van der Waals surface area contributed by atoms with Crippen LogP contribution in [0.3, 0.4) is 0 Å². The zero-order valence-corrected chi connectivity index (χ0v) is 31.2. The second-order valence-electron chi connectivity index (χ2n) is 14.4. The summed E-state index contributed by atoms with van der Waals surface area (Å²) in [4.78, 5) is 6.81. The average molecular weight is 715 g/mol. The molecule has 1 aliphatic rings. The Morgan fingerprint density at radius 1 is 0.500 bits per heavy atom. The lowest BCUT2D eigenvalue weighted by Gasteiger charge is -2.26. The molecule has 9 aromatic rings. The van der Waals surface area contributed by atoms with Crippen molar-refractivity contribution in [2.24, 2.45) is 4.99 Å². The highest BCUT2D eigenvalue weighted by Crippen LogP contribution is 2.62. The molecule has 1 aliphatic heterocycles. The van der Waals surface area contributed by atoms with Crippen molar-refractivity contribution in [3.05, 3.63) is 187 Å². The molecule has 10 rings (SSSR count). The van der Waals surface area contributed by atoms with Crippen LogP contribution in [0.25, 0.3) is 66.3 Å². The summed E-state index contributed by atoms with van der Waals surface area (Å²) in [5.41, 5.74) is 12.6. The maximum absolute atomic E-state index is 9.73. The molecule has 0 unspecified atom stereocenters. The first-order valence-corrected chi connectivity index (χ1v) is 20.7. The molecule has 4 nitrogen and oxygen atoms in total. The molecule has 54 heavy (non-hydrogen) atoms. The molecule has 0 saturated carbocycles. The summed E-state index contributed by atoms with van der Waals surface area (Å²) in [7, 11) is -1.53. The van der Waals surface area contributed by atoms with Crippen molar-refractivity contribution in [3.63, 3.8) is 0 Å². The Labute approximate surface area is 316 Å². The maximum Gasteiger partial charge on any atom is 0.0836 e. The number of fused-ring (bicyclic) bond motifs is 7. The molecular weight excluding hydrogens is 677 g/mol. The normalized spacial score (nSPS) is 15.7. The van der Waals surface area contributed by atoms with Crippen molar-refractivity contribution < 1.29 is 0 Å². The molecule has 0 fully saturated rings. The molecule has 0 aliphatic carbocycles. The molecule has 0 radical (unpaired) electrons. The molecule has 3 heterocycles. The lowest BCUT2D eigenvalue weighted by atomic mass is 9.99. The van der Waals surface area contributed by atoms with Crippen molar-refractivity contribution in [2.45, 2.75) is 11.8 Å². The monoisotopic (exact) mass is 714 g/mol. The van der Waals surface area contributed by atoms with E-state index in [1.54, 1.807) is 0 Å². The first kappa shape index (κ1) is 32.2. The molecule has 0 spiro atoms. The van der Waals surface area contributed by atoms with E-state index in [-0.39, 0.29) is 0 Å². The van der Waals surface area contributed by atoms with Crippen LogP contribution in [0.1, 0.15) is 23.6 Å². The molecule has 5 heteroatoms. The number of benzene rings is 7. The topological polar surface area (TPSA) is 46.1 Å². The van der Waals surface area contributed by atoms with Crippen molar-refractivity contribution in [2.75, 3.05) is 12.5 Å². The number of nitrogens with one attached hydrogen (secondary N) is 1. The van der Waals surface area contributed by atoms with Crippen LogP contribution in [-0.4, -0.2) is 32.4 Å². The lowest BCUT2D eigenvalue weighted by molar-refractivity contribution is 1.18. The van der Waals surface area contributed by atoms with E-state index in [2.05, 4.69) is 198 Å². The van der Waals surface area contributed by atoms with Gasteiger partial charge in [-0.15, -0.1) is 0 Å². The van der Waals surface area contributed by atoms with Crippen LogP contribution in [0.4, 0.5) is 0 Å². The minimum absolute atomic E-state index is 0.664. The van der Waals surface area contributed by atoms with Gasteiger partial charge in [0.1, 0.15) is 0 Å². The first-order chi connectivity index (χ1) is 26.4. The maximum atomic E-state index is 9.73. The number of para-hydroxylation sites is 4. The summed E-state index contributed by atoms with van der Waals surface area (Å²) in [6.07, 6.45) is 4.47. The number of rotatable bonds is 5. The van der Waals surface area contributed by atoms with Crippen molar-refractivity contribution >= 4 is 75.7 Å². The number of aliphatic imine (C=N–C) groups is 1. The van der Waals surface area contributed by atoms with Crippen molar-refractivity contribution in [3.8, 4) is 11.4 Å². The predicted molar refractivity (Wildman–Crippen MR) is 232 cm³/mol. The van der Waals surface area contributed by atoms with E-state index in [4.69, 9.17) is 4.99 Å². The molecule has 0 saturated heterocycles. The highest BCUT2D eigenvalue weighted by atomic mass is 32.3. The molecule has 0 amide bonds. The fourth-order valence-corrected chi connectivity index (χ4v) is 10.5. The predicted octanol–water partition coefficient (Wildman–Crippen LogP) is 12.7. The summed E-state index contributed by atoms with van der Waals surface area (Å²) in [6.45, 7) is 2.11. The summed E-state index contributed by atoms with van der Waals surface area (Å²) in [5, 5.41) is 15.3. The second-order valence-corrected chi connectivity index (χ2v) is 17.9. The van der Waals surface area contributed by atoms with Gasteiger partial charge in [-0.1, -0.05) is 115 Å². The molecule has 0 atom stereocenters. The van der Waals surface area contributed by atoms with Crippen LogP contribution in [-0.2, 0) is 0 Å². The molecule has 260 valence electrons. The van der Waals surface area contributed by atoms with Crippen LogP contribution in [0.15, 0.2) is 180 Å². The standard InChI is InChI=1S/C49H38N4S/c1-32(33-28-29-40-39-22-9-11-24-42(39)52(45(40)31-33)35-17-5-4-6-18-35)51-48(47-41-23-10-14-27-46(41)54(2,3)49(47)50)34-16-15-19-36(30-34)53-43-25-12-7-20-37(43)38-21-8-13-26-44(38)53/h4-31,50H,1-3H3/b48-47-,50-49?,51-32+. The molecule has 1 N–H and O–H groups in total. The first-order valence-electron chi connectivity index (χ1n) is 18.3. The Balaban J connectivity index is 1.21. The summed E-state index contributed by atoms with van der Waals surface area (Å²) in [6, 6.07) is 60.4. The van der Waals surface area contributed by atoms with Crippen molar-refractivity contribution in [1.29, 1.82) is 5.41 Å². The van der Waals surface area contributed by atoms with Gasteiger partial charge in [-0.3, -0.25) is 10.4 Å². The van der Waals surface area contributed by atoms with Gasteiger partial charge in [-0.25, -0.2) is 0 Å². The Morgan fingerprint density at radius 3 is 1.70 bits per heavy atom. The number of hydrogen-bond donors (Lipinski definition) is 1. The quantitative estimate of drug-likeness (QED) is 0.173. The third-order valence-corrected chi connectivity index (χ3v) is 13.7. The Kier molecular flexibility index (Phi) is 7.36.